The number of nitrogens with zero attached hydrogens (tertiary/aromatic N) is 2. The molecule has 4 rings (SSSR count). The van der Waals surface area contributed by atoms with Crippen molar-refractivity contribution in [3.05, 3.63) is 24.3 Å². The van der Waals surface area contributed by atoms with Crippen molar-refractivity contribution in [1.29, 1.82) is 0 Å². The average molecular weight is 461 g/mol. The van der Waals surface area contributed by atoms with Crippen LogP contribution in [0.4, 0.5) is 0 Å². The van der Waals surface area contributed by atoms with Crippen LogP contribution in [-0.2, 0) is 23.9 Å². The minimum absolute atomic E-state index is 0.00465. The predicted octanol–water partition coefficient (Wildman–Crippen LogP) is 1.82. The third-order valence-corrected chi connectivity index (χ3v) is 7.61. The zero-order valence-electron chi connectivity index (χ0n) is 19.9. The molecule has 1 N–H and O–H groups in total. The number of cyclic esters (lactones) is 1. The minimum Gasteiger partial charge on any atom is -0.465 e. The number of likely N-dealkylation sites (tertiary alicyclic amines) is 1. The van der Waals surface area contributed by atoms with E-state index >= 15 is 0 Å². The molecule has 0 aromatic carbocycles. The van der Waals surface area contributed by atoms with Crippen LogP contribution in [0.5, 0.6) is 0 Å². The van der Waals surface area contributed by atoms with Gasteiger partial charge in [-0.05, 0) is 39.5 Å². The molecule has 2 fully saturated rings. The Morgan fingerprint density at radius 3 is 2.67 bits per heavy atom. The number of fused-ring (bicyclic) bond motifs is 2. The van der Waals surface area contributed by atoms with E-state index in [2.05, 4.69) is 6.92 Å². The first-order chi connectivity index (χ1) is 15.8. The normalized spacial score (nSPS) is 38.3. The zero-order chi connectivity index (χ0) is 23.8. The second-order valence-corrected chi connectivity index (χ2v) is 9.85. The van der Waals surface area contributed by atoms with Gasteiger partial charge in [-0.25, -0.2) is 0 Å². The second-order valence-electron chi connectivity index (χ2n) is 9.85. The van der Waals surface area contributed by atoms with E-state index in [0.717, 1.165) is 32.1 Å². The summed E-state index contributed by atoms with van der Waals surface area (Å²) in [6.07, 6.45) is 11.8. The molecule has 182 valence electrons. The molecule has 2 amide bonds. The van der Waals surface area contributed by atoms with E-state index in [4.69, 9.17) is 9.47 Å². The lowest BCUT2D eigenvalue weighted by Crippen LogP contribution is -2.57. The highest BCUT2D eigenvalue weighted by Crippen LogP contribution is 2.57. The summed E-state index contributed by atoms with van der Waals surface area (Å²) in [5.41, 5.74) is -2.37. The molecule has 0 aromatic heterocycles. The maximum Gasteiger partial charge on any atom is 0.313 e. The Morgan fingerprint density at radius 2 is 1.94 bits per heavy atom. The van der Waals surface area contributed by atoms with E-state index in [1.54, 1.807) is 4.90 Å². The smallest absolute Gasteiger partial charge is 0.313 e. The van der Waals surface area contributed by atoms with Crippen molar-refractivity contribution in [3.63, 3.8) is 0 Å². The van der Waals surface area contributed by atoms with Crippen LogP contribution in [0.15, 0.2) is 24.3 Å². The molecular weight excluding hydrogens is 424 g/mol. The molecular formula is C25H36N2O6. The van der Waals surface area contributed by atoms with Crippen molar-refractivity contribution in [2.24, 2.45) is 11.8 Å². The molecule has 8 heteroatoms. The quantitative estimate of drug-likeness (QED) is 0.497. The Morgan fingerprint density at radius 1 is 1.15 bits per heavy atom. The first-order valence-corrected chi connectivity index (χ1v) is 12.2. The van der Waals surface area contributed by atoms with Gasteiger partial charge in [0, 0.05) is 19.1 Å². The summed E-state index contributed by atoms with van der Waals surface area (Å²) in [6, 6.07) is -0.939. The van der Waals surface area contributed by atoms with Gasteiger partial charge in [-0.15, -0.1) is 0 Å². The van der Waals surface area contributed by atoms with Crippen LogP contribution in [0.25, 0.3) is 0 Å². The van der Waals surface area contributed by atoms with Crippen LogP contribution < -0.4 is 0 Å². The third kappa shape index (κ3) is 3.81. The first-order valence-electron chi connectivity index (χ1n) is 12.2. The van der Waals surface area contributed by atoms with Gasteiger partial charge in [0.15, 0.2) is 0 Å². The molecule has 4 aliphatic rings. The van der Waals surface area contributed by atoms with E-state index < -0.39 is 35.0 Å². The van der Waals surface area contributed by atoms with Crippen molar-refractivity contribution in [1.82, 2.24) is 9.80 Å². The number of carbonyl (C=O) groups excluding carboxylic acids is 3. The van der Waals surface area contributed by atoms with Crippen molar-refractivity contribution in [2.45, 2.75) is 76.2 Å². The number of hydrogen-bond donors (Lipinski definition) is 1. The molecule has 4 heterocycles. The molecule has 33 heavy (non-hydrogen) atoms. The van der Waals surface area contributed by atoms with Crippen LogP contribution in [0, 0.1) is 11.8 Å². The van der Waals surface area contributed by atoms with E-state index in [1.165, 1.54) is 4.90 Å². The number of allylic oxidation sites excluding steroid dienone is 1. The molecule has 0 bridgehead atoms. The Balaban J connectivity index is 1.83. The number of aliphatic hydroxyl groups is 1. The zero-order valence-corrected chi connectivity index (χ0v) is 19.9. The summed E-state index contributed by atoms with van der Waals surface area (Å²) in [7, 11) is 0. The summed E-state index contributed by atoms with van der Waals surface area (Å²) in [6.45, 7) is 6.34. The van der Waals surface area contributed by atoms with Gasteiger partial charge < -0.3 is 24.4 Å². The van der Waals surface area contributed by atoms with Crippen molar-refractivity contribution < 1.29 is 29.0 Å². The van der Waals surface area contributed by atoms with Gasteiger partial charge in [-0.1, -0.05) is 37.6 Å². The Hall–Kier alpha value is -2.19. The summed E-state index contributed by atoms with van der Waals surface area (Å²) in [4.78, 5) is 44.2. The van der Waals surface area contributed by atoms with E-state index in [9.17, 15) is 19.5 Å². The third-order valence-electron chi connectivity index (χ3n) is 7.61. The van der Waals surface area contributed by atoms with Gasteiger partial charge in [0.05, 0.1) is 24.7 Å². The highest BCUT2D eigenvalue weighted by molar-refractivity contribution is 5.99. The van der Waals surface area contributed by atoms with Gasteiger partial charge in [0.25, 0.3) is 0 Å². The van der Waals surface area contributed by atoms with Gasteiger partial charge in [0.2, 0.25) is 11.8 Å². The first kappa shape index (κ1) is 24.0. The largest absolute Gasteiger partial charge is 0.465 e. The fraction of sp³-hybridized carbons (Fsp3) is 0.720. The number of esters is 1. The molecule has 4 aliphatic heterocycles. The highest BCUT2D eigenvalue weighted by atomic mass is 16.6. The molecule has 2 saturated heterocycles. The standard InChI is InChI=1S/C25H36N2O6/c1-4-10-17(2)26-13-9-12-25-18(21(29)27(14-15-28)20(25)22(26)30)19-23(31)32-16-8-6-5-7-11-24(19,3)33-25/h7,9,11-12,17-20,28H,4-6,8,10,13-16H2,1-3H3/b11-7-/t17?,18-,19+,20?,24-,25-/m0/s1. The maximum atomic E-state index is 13.9. The van der Waals surface area contributed by atoms with Crippen molar-refractivity contribution in [2.75, 3.05) is 26.3 Å². The SMILES string of the molecule is CCCC(C)N1CC=C[C@]23O[C@@]4(C)/C=C\CCCCOC(=O)[C@H]4[C@H]2C(=O)N(CCO)C3C1=O. The molecule has 0 aliphatic carbocycles. The highest BCUT2D eigenvalue weighted by Gasteiger charge is 2.74. The summed E-state index contributed by atoms with van der Waals surface area (Å²) < 4.78 is 12.3. The lowest BCUT2D eigenvalue weighted by atomic mass is 9.74. The van der Waals surface area contributed by atoms with Crippen LogP contribution in [0.3, 0.4) is 0 Å². The molecule has 0 aromatic rings. The number of β-amino-alcohol motifs (C(OH)–C–C–N with tert-alkyl or cyclic N) is 1. The second kappa shape index (κ2) is 9.22. The van der Waals surface area contributed by atoms with E-state index in [0.29, 0.717) is 13.2 Å². The van der Waals surface area contributed by atoms with Crippen LogP contribution in [0.2, 0.25) is 0 Å². The van der Waals surface area contributed by atoms with Gasteiger partial charge >= 0.3 is 5.97 Å². The van der Waals surface area contributed by atoms with E-state index in [1.807, 2.05) is 38.2 Å². The Labute approximate surface area is 195 Å². The summed E-state index contributed by atoms with van der Waals surface area (Å²) in [5, 5.41) is 9.72. The van der Waals surface area contributed by atoms with Gasteiger partial charge in [-0.3, -0.25) is 14.4 Å². The van der Waals surface area contributed by atoms with Crippen molar-refractivity contribution in [3.8, 4) is 0 Å². The van der Waals surface area contributed by atoms with Crippen LogP contribution in [0.1, 0.15) is 52.9 Å². The van der Waals surface area contributed by atoms with Gasteiger partial charge in [0.1, 0.15) is 17.6 Å². The molecule has 2 unspecified atom stereocenters. The topological polar surface area (TPSA) is 96.4 Å². The summed E-state index contributed by atoms with van der Waals surface area (Å²) >= 11 is 0. The van der Waals surface area contributed by atoms with E-state index in [-0.39, 0.29) is 31.0 Å². The molecule has 8 nitrogen and oxygen atoms in total. The fourth-order valence-corrected chi connectivity index (χ4v) is 6.13. The number of ether oxygens (including phenoxy) is 2. The number of carbonyl (C=O) groups is 3. The number of rotatable bonds is 5. The summed E-state index contributed by atoms with van der Waals surface area (Å²) in [5.74, 6) is -2.77. The van der Waals surface area contributed by atoms with Crippen LogP contribution in [-0.4, -0.2) is 82.3 Å². The predicted molar refractivity (Wildman–Crippen MR) is 121 cm³/mol. The Kier molecular flexibility index (Phi) is 6.69. The fourth-order valence-electron chi connectivity index (χ4n) is 6.13. The molecule has 6 atom stereocenters. The van der Waals surface area contributed by atoms with Crippen LogP contribution >= 0.6 is 0 Å². The lowest BCUT2D eigenvalue weighted by molar-refractivity contribution is -0.160. The molecule has 0 radical (unpaired) electrons. The monoisotopic (exact) mass is 460 g/mol. The molecule has 1 spiro atoms. The number of hydrogen-bond acceptors (Lipinski definition) is 6. The minimum atomic E-state index is -1.29. The number of aliphatic hydroxyl groups excluding tert-OH is 1. The molecule has 0 saturated carbocycles. The Bertz CT molecular complexity index is 856. The van der Waals surface area contributed by atoms with Crippen molar-refractivity contribution >= 4 is 17.8 Å². The van der Waals surface area contributed by atoms with Gasteiger partial charge in [-0.2, -0.15) is 0 Å². The maximum absolute atomic E-state index is 13.9. The lowest BCUT2D eigenvalue weighted by Gasteiger charge is -2.38. The average Bonchev–Trinajstić information content (AvgIpc) is 3.08. The number of amides is 2.